The predicted molar refractivity (Wildman–Crippen MR) is 68.1 cm³/mol. The first kappa shape index (κ1) is 15.1. The van der Waals surface area contributed by atoms with Gasteiger partial charge in [0.05, 0.1) is 17.4 Å². The van der Waals surface area contributed by atoms with E-state index in [4.69, 9.17) is 4.74 Å². The Hall–Kier alpha value is -1.30. The van der Waals surface area contributed by atoms with Gasteiger partial charge in [-0.05, 0) is 43.9 Å². The van der Waals surface area contributed by atoms with Crippen molar-refractivity contribution in [1.82, 2.24) is 0 Å². The van der Waals surface area contributed by atoms with Crippen molar-refractivity contribution >= 4 is 5.69 Å². The third kappa shape index (κ3) is 4.10. The van der Waals surface area contributed by atoms with Crippen LogP contribution >= 0.6 is 0 Å². The van der Waals surface area contributed by atoms with E-state index in [-0.39, 0.29) is 11.8 Å². The number of rotatable bonds is 4. The number of hydrogen-bond donors (Lipinski definition) is 1. The molecule has 1 aromatic rings. The first-order chi connectivity index (χ1) is 9.47. The highest BCUT2D eigenvalue weighted by Crippen LogP contribution is 2.31. The minimum absolute atomic E-state index is 0.0915. The molecular formula is C14H17F4NO. The van der Waals surface area contributed by atoms with Crippen LogP contribution in [-0.4, -0.2) is 19.3 Å². The fourth-order valence-corrected chi connectivity index (χ4v) is 2.24. The van der Waals surface area contributed by atoms with Crippen LogP contribution < -0.4 is 5.32 Å². The zero-order valence-electron chi connectivity index (χ0n) is 11.0. The van der Waals surface area contributed by atoms with Crippen LogP contribution in [0.3, 0.4) is 0 Å². The fourth-order valence-electron chi connectivity index (χ4n) is 2.24. The van der Waals surface area contributed by atoms with Crippen LogP contribution in [0, 0.1) is 5.82 Å². The maximum absolute atomic E-state index is 13.6. The second-order valence-corrected chi connectivity index (χ2v) is 4.90. The van der Waals surface area contributed by atoms with Crippen LogP contribution in [0.25, 0.3) is 0 Å². The lowest BCUT2D eigenvalue weighted by molar-refractivity contribution is -0.137. The highest BCUT2D eigenvalue weighted by Gasteiger charge is 2.31. The van der Waals surface area contributed by atoms with Crippen molar-refractivity contribution in [3.8, 4) is 0 Å². The summed E-state index contributed by atoms with van der Waals surface area (Å²) in [5, 5.41) is 2.82. The number of alkyl halides is 3. The smallest absolute Gasteiger partial charge is 0.383 e. The summed E-state index contributed by atoms with van der Waals surface area (Å²) >= 11 is 0. The van der Waals surface area contributed by atoms with Gasteiger partial charge in [-0.3, -0.25) is 0 Å². The van der Waals surface area contributed by atoms with Crippen molar-refractivity contribution in [2.75, 3.05) is 18.5 Å². The Balaban J connectivity index is 1.86. The van der Waals surface area contributed by atoms with Crippen LogP contribution in [0.2, 0.25) is 0 Å². The van der Waals surface area contributed by atoms with Gasteiger partial charge in [0.2, 0.25) is 0 Å². The number of halogens is 4. The van der Waals surface area contributed by atoms with Crippen molar-refractivity contribution in [1.29, 1.82) is 0 Å². The molecule has 0 radical (unpaired) electrons. The van der Waals surface area contributed by atoms with E-state index in [0.717, 1.165) is 44.4 Å². The Labute approximate surface area is 115 Å². The molecule has 1 saturated heterocycles. The minimum atomic E-state index is -4.52. The molecule has 0 spiro atoms. The quantitative estimate of drug-likeness (QED) is 0.839. The Morgan fingerprint density at radius 1 is 1.25 bits per heavy atom. The molecule has 0 aromatic heterocycles. The lowest BCUT2D eigenvalue weighted by Gasteiger charge is -2.22. The summed E-state index contributed by atoms with van der Waals surface area (Å²) in [5.74, 6) is -0.885. The van der Waals surface area contributed by atoms with E-state index >= 15 is 0 Å². The number of ether oxygens (including phenoxy) is 1. The van der Waals surface area contributed by atoms with Gasteiger partial charge in [0.1, 0.15) is 5.82 Å². The molecule has 2 nitrogen and oxygen atoms in total. The number of benzene rings is 1. The molecule has 112 valence electrons. The molecule has 1 aromatic carbocycles. The van der Waals surface area contributed by atoms with Crippen molar-refractivity contribution in [2.45, 2.75) is 38.0 Å². The van der Waals surface area contributed by atoms with Gasteiger partial charge in [0.15, 0.2) is 0 Å². The average molecular weight is 291 g/mol. The molecule has 0 saturated carbocycles. The van der Waals surface area contributed by atoms with E-state index in [9.17, 15) is 17.6 Å². The molecule has 0 aliphatic carbocycles. The Morgan fingerprint density at radius 2 is 2.05 bits per heavy atom. The number of anilines is 1. The van der Waals surface area contributed by atoms with E-state index in [1.165, 1.54) is 0 Å². The van der Waals surface area contributed by atoms with Gasteiger partial charge in [-0.2, -0.15) is 13.2 Å². The molecule has 20 heavy (non-hydrogen) atoms. The summed E-state index contributed by atoms with van der Waals surface area (Å²) in [7, 11) is 0. The summed E-state index contributed by atoms with van der Waals surface area (Å²) in [6, 6.07) is 2.52. The van der Waals surface area contributed by atoms with E-state index in [2.05, 4.69) is 5.32 Å². The standard InChI is InChI=1S/C14H17F4NO/c15-12-9-10(14(16,17)18)4-5-13(12)19-7-6-11-3-1-2-8-20-11/h4-5,9,11,19H,1-3,6-8H2. The largest absolute Gasteiger partial charge is 0.416 e. The van der Waals surface area contributed by atoms with Crippen molar-refractivity contribution in [3.63, 3.8) is 0 Å². The summed E-state index contributed by atoms with van der Waals surface area (Å²) in [4.78, 5) is 0. The Morgan fingerprint density at radius 3 is 2.65 bits per heavy atom. The summed E-state index contributed by atoms with van der Waals surface area (Å²) in [6.07, 6.45) is -0.460. The normalized spacial score (nSPS) is 19.9. The van der Waals surface area contributed by atoms with Crippen molar-refractivity contribution < 1.29 is 22.3 Å². The van der Waals surface area contributed by atoms with Crippen molar-refractivity contribution in [2.24, 2.45) is 0 Å². The zero-order chi connectivity index (χ0) is 14.6. The lowest BCUT2D eigenvalue weighted by Crippen LogP contribution is -2.22. The van der Waals surface area contributed by atoms with E-state index in [1.807, 2.05) is 0 Å². The van der Waals surface area contributed by atoms with Gasteiger partial charge in [-0.15, -0.1) is 0 Å². The Bertz CT molecular complexity index is 441. The predicted octanol–water partition coefficient (Wildman–Crippen LogP) is 4.22. The second kappa shape index (κ2) is 6.43. The fraction of sp³-hybridized carbons (Fsp3) is 0.571. The summed E-state index contributed by atoms with van der Waals surface area (Å²) in [6.45, 7) is 1.23. The maximum atomic E-state index is 13.6. The molecule has 1 N–H and O–H groups in total. The molecule has 0 amide bonds. The van der Waals surface area contributed by atoms with Gasteiger partial charge < -0.3 is 10.1 Å². The summed E-state index contributed by atoms with van der Waals surface area (Å²) < 4.78 is 56.3. The SMILES string of the molecule is Fc1cc(C(F)(F)F)ccc1NCCC1CCCCO1. The molecule has 1 aliphatic rings. The van der Waals surface area contributed by atoms with Gasteiger partial charge in [-0.25, -0.2) is 4.39 Å². The topological polar surface area (TPSA) is 21.3 Å². The molecule has 1 fully saturated rings. The van der Waals surface area contributed by atoms with Crippen LogP contribution in [-0.2, 0) is 10.9 Å². The van der Waals surface area contributed by atoms with E-state index in [0.29, 0.717) is 12.6 Å². The van der Waals surface area contributed by atoms with Gasteiger partial charge in [0, 0.05) is 13.2 Å². The highest BCUT2D eigenvalue weighted by atomic mass is 19.4. The van der Waals surface area contributed by atoms with Gasteiger partial charge in [0.25, 0.3) is 0 Å². The lowest BCUT2D eigenvalue weighted by atomic mass is 10.1. The first-order valence-electron chi connectivity index (χ1n) is 6.69. The maximum Gasteiger partial charge on any atom is 0.416 e. The zero-order valence-corrected chi connectivity index (χ0v) is 11.0. The molecule has 1 unspecified atom stereocenters. The summed E-state index contributed by atoms with van der Waals surface area (Å²) in [5.41, 5.74) is -0.884. The van der Waals surface area contributed by atoms with E-state index < -0.39 is 17.6 Å². The molecular weight excluding hydrogens is 274 g/mol. The molecule has 1 aliphatic heterocycles. The second-order valence-electron chi connectivity index (χ2n) is 4.90. The van der Waals surface area contributed by atoms with Crippen LogP contribution in [0.15, 0.2) is 18.2 Å². The first-order valence-corrected chi connectivity index (χ1v) is 6.69. The van der Waals surface area contributed by atoms with Crippen LogP contribution in [0.4, 0.5) is 23.2 Å². The van der Waals surface area contributed by atoms with Crippen molar-refractivity contribution in [3.05, 3.63) is 29.6 Å². The van der Waals surface area contributed by atoms with E-state index in [1.54, 1.807) is 0 Å². The monoisotopic (exact) mass is 291 g/mol. The molecule has 6 heteroatoms. The third-order valence-electron chi connectivity index (χ3n) is 3.35. The molecule has 1 heterocycles. The number of hydrogen-bond acceptors (Lipinski definition) is 2. The van der Waals surface area contributed by atoms with Gasteiger partial charge in [-0.1, -0.05) is 0 Å². The highest BCUT2D eigenvalue weighted by molar-refractivity contribution is 5.46. The van der Waals surface area contributed by atoms with Crippen LogP contribution in [0.1, 0.15) is 31.2 Å². The van der Waals surface area contributed by atoms with Crippen LogP contribution in [0.5, 0.6) is 0 Å². The minimum Gasteiger partial charge on any atom is -0.383 e. The molecule has 0 bridgehead atoms. The molecule has 1 atom stereocenters. The Kier molecular flexibility index (Phi) is 4.86. The number of nitrogens with one attached hydrogen (secondary N) is 1. The average Bonchev–Trinajstić information content (AvgIpc) is 2.40. The van der Waals surface area contributed by atoms with Gasteiger partial charge >= 0.3 is 6.18 Å². The third-order valence-corrected chi connectivity index (χ3v) is 3.35. The molecule has 2 rings (SSSR count).